The van der Waals surface area contributed by atoms with Crippen molar-refractivity contribution in [3.05, 3.63) is 0 Å². The fraction of sp³-hybridized carbons (Fsp3) is 1.00. The molecule has 2 fully saturated rings. The highest BCUT2D eigenvalue weighted by Crippen LogP contribution is 2.39. The Bertz CT molecular complexity index is 158. The lowest BCUT2D eigenvalue weighted by Gasteiger charge is -2.57. The summed E-state index contributed by atoms with van der Waals surface area (Å²) in [5.74, 6) is 0.747. The molecule has 0 aromatic rings. The molecule has 0 aromatic carbocycles. The molecular weight excluding hydrogens is 138 g/mol. The van der Waals surface area contributed by atoms with Crippen molar-refractivity contribution in [1.82, 2.24) is 4.90 Å². The van der Waals surface area contributed by atoms with Gasteiger partial charge in [-0.05, 0) is 12.3 Å². The first-order valence-electron chi connectivity index (χ1n) is 4.58. The van der Waals surface area contributed by atoms with Crippen molar-refractivity contribution in [2.45, 2.75) is 25.8 Å². The molecule has 0 saturated carbocycles. The topological polar surface area (TPSA) is 12.5 Å². The molecule has 2 heteroatoms. The summed E-state index contributed by atoms with van der Waals surface area (Å²) in [5.41, 5.74) is 0.429. The van der Waals surface area contributed by atoms with Crippen LogP contribution in [0.2, 0.25) is 0 Å². The molecule has 2 saturated heterocycles. The smallest absolute Gasteiger partial charge is 0.0654 e. The van der Waals surface area contributed by atoms with E-state index < -0.39 is 0 Å². The van der Waals surface area contributed by atoms with Gasteiger partial charge in [0.15, 0.2) is 0 Å². The van der Waals surface area contributed by atoms with E-state index in [0.29, 0.717) is 5.54 Å². The molecule has 0 radical (unpaired) electrons. The second kappa shape index (κ2) is 2.46. The summed E-state index contributed by atoms with van der Waals surface area (Å²) < 4.78 is 5.53. The van der Waals surface area contributed by atoms with Crippen LogP contribution < -0.4 is 0 Å². The average Bonchev–Trinajstić information content (AvgIpc) is 1.91. The maximum Gasteiger partial charge on any atom is 0.0654 e. The molecule has 2 aliphatic rings. The molecule has 0 amide bonds. The van der Waals surface area contributed by atoms with Crippen LogP contribution in [0.15, 0.2) is 0 Å². The van der Waals surface area contributed by atoms with Crippen molar-refractivity contribution >= 4 is 0 Å². The Morgan fingerprint density at radius 2 is 2.18 bits per heavy atom. The summed E-state index contributed by atoms with van der Waals surface area (Å²) >= 11 is 0. The molecule has 0 N–H and O–H groups in total. The SMILES string of the molecule is CC(C)C12CCN1CCOC2. The summed E-state index contributed by atoms with van der Waals surface area (Å²) in [6, 6.07) is 0. The molecule has 0 spiro atoms. The molecule has 2 aliphatic heterocycles. The molecule has 0 aliphatic carbocycles. The van der Waals surface area contributed by atoms with Gasteiger partial charge in [0.1, 0.15) is 0 Å². The van der Waals surface area contributed by atoms with Gasteiger partial charge in [0, 0.05) is 18.6 Å². The largest absolute Gasteiger partial charge is 0.378 e. The third kappa shape index (κ3) is 0.926. The van der Waals surface area contributed by atoms with E-state index in [1.54, 1.807) is 0 Å². The normalized spacial score (nSPS) is 38.5. The summed E-state index contributed by atoms with van der Waals surface area (Å²) in [5, 5.41) is 0. The third-order valence-corrected chi connectivity index (χ3v) is 3.38. The molecule has 2 heterocycles. The molecule has 2 nitrogen and oxygen atoms in total. The molecule has 1 atom stereocenters. The van der Waals surface area contributed by atoms with Crippen molar-refractivity contribution in [3.8, 4) is 0 Å². The van der Waals surface area contributed by atoms with Gasteiger partial charge in [0.2, 0.25) is 0 Å². The number of hydrogen-bond donors (Lipinski definition) is 0. The number of ether oxygens (including phenoxy) is 1. The zero-order valence-corrected chi connectivity index (χ0v) is 7.47. The minimum atomic E-state index is 0.429. The van der Waals surface area contributed by atoms with Gasteiger partial charge in [-0.15, -0.1) is 0 Å². The molecule has 0 bridgehead atoms. The summed E-state index contributed by atoms with van der Waals surface area (Å²) in [4.78, 5) is 2.58. The van der Waals surface area contributed by atoms with Crippen LogP contribution in [-0.2, 0) is 4.74 Å². The fourth-order valence-electron chi connectivity index (χ4n) is 2.30. The van der Waals surface area contributed by atoms with E-state index in [2.05, 4.69) is 18.7 Å². The maximum atomic E-state index is 5.53. The molecular formula is C9H17NO. The lowest BCUT2D eigenvalue weighted by Crippen LogP contribution is -2.68. The van der Waals surface area contributed by atoms with Crippen LogP contribution in [0, 0.1) is 5.92 Å². The van der Waals surface area contributed by atoms with Gasteiger partial charge < -0.3 is 4.74 Å². The number of morpholine rings is 1. The second-order valence-corrected chi connectivity index (χ2v) is 4.05. The van der Waals surface area contributed by atoms with Gasteiger partial charge >= 0.3 is 0 Å². The Balaban J connectivity index is 2.09. The van der Waals surface area contributed by atoms with Crippen molar-refractivity contribution in [3.63, 3.8) is 0 Å². The van der Waals surface area contributed by atoms with E-state index in [-0.39, 0.29) is 0 Å². The Labute approximate surface area is 68.5 Å². The zero-order valence-electron chi connectivity index (χ0n) is 7.47. The van der Waals surface area contributed by atoms with E-state index in [1.807, 2.05) is 0 Å². The van der Waals surface area contributed by atoms with Crippen LogP contribution in [-0.4, -0.2) is 36.7 Å². The van der Waals surface area contributed by atoms with Crippen LogP contribution in [0.5, 0.6) is 0 Å². The number of rotatable bonds is 1. The second-order valence-electron chi connectivity index (χ2n) is 4.05. The highest BCUT2D eigenvalue weighted by Gasteiger charge is 2.48. The van der Waals surface area contributed by atoms with Crippen molar-refractivity contribution in [2.24, 2.45) is 5.92 Å². The van der Waals surface area contributed by atoms with E-state index in [0.717, 1.165) is 25.7 Å². The predicted octanol–water partition coefficient (Wildman–Crippen LogP) is 1.12. The average molecular weight is 155 g/mol. The molecule has 2 rings (SSSR count). The van der Waals surface area contributed by atoms with Crippen molar-refractivity contribution in [2.75, 3.05) is 26.3 Å². The lowest BCUT2D eigenvalue weighted by atomic mass is 9.75. The van der Waals surface area contributed by atoms with Gasteiger partial charge in [-0.3, -0.25) is 4.90 Å². The van der Waals surface area contributed by atoms with Gasteiger partial charge in [-0.1, -0.05) is 13.8 Å². The third-order valence-electron chi connectivity index (χ3n) is 3.38. The summed E-state index contributed by atoms with van der Waals surface area (Å²) in [6.45, 7) is 8.96. The molecule has 1 unspecified atom stereocenters. The molecule has 0 aromatic heterocycles. The van der Waals surface area contributed by atoms with Crippen LogP contribution in [0.4, 0.5) is 0 Å². The lowest BCUT2D eigenvalue weighted by molar-refractivity contribution is -0.149. The summed E-state index contributed by atoms with van der Waals surface area (Å²) in [7, 11) is 0. The van der Waals surface area contributed by atoms with Gasteiger partial charge in [-0.25, -0.2) is 0 Å². The van der Waals surface area contributed by atoms with E-state index in [4.69, 9.17) is 4.74 Å². The van der Waals surface area contributed by atoms with Crippen molar-refractivity contribution < 1.29 is 4.74 Å². The summed E-state index contributed by atoms with van der Waals surface area (Å²) in [6.07, 6.45) is 1.34. The van der Waals surface area contributed by atoms with Gasteiger partial charge in [0.25, 0.3) is 0 Å². The predicted molar refractivity (Wildman–Crippen MR) is 44.6 cm³/mol. The first-order valence-corrected chi connectivity index (χ1v) is 4.58. The van der Waals surface area contributed by atoms with Crippen LogP contribution >= 0.6 is 0 Å². The van der Waals surface area contributed by atoms with Crippen LogP contribution in [0.1, 0.15) is 20.3 Å². The van der Waals surface area contributed by atoms with Gasteiger partial charge in [0.05, 0.1) is 13.2 Å². The highest BCUT2D eigenvalue weighted by atomic mass is 16.5. The number of nitrogens with zero attached hydrogens (tertiary/aromatic N) is 1. The Kier molecular flexibility index (Phi) is 1.69. The van der Waals surface area contributed by atoms with Gasteiger partial charge in [-0.2, -0.15) is 0 Å². The fourth-order valence-corrected chi connectivity index (χ4v) is 2.30. The monoisotopic (exact) mass is 155 g/mol. The minimum absolute atomic E-state index is 0.429. The maximum absolute atomic E-state index is 5.53. The number of fused-ring (bicyclic) bond motifs is 1. The minimum Gasteiger partial charge on any atom is -0.378 e. The first-order chi connectivity index (χ1) is 5.26. The Morgan fingerprint density at radius 1 is 1.36 bits per heavy atom. The number of hydrogen-bond acceptors (Lipinski definition) is 2. The van der Waals surface area contributed by atoms with Crippen LogP contribution in [0.3, 0.4) is 0 Å². The Hall–Kier alpha value is -0.0800. The Morgan fingerprint density at radius 3 is 2.55 bits per heavy atom. The quantitative estimate of drug-likeness (QED) is 0.562. The molecule has 11 heavy (non-hydrogen) atoms. The zero-order chi connectivity index (χ0) is 7.90. The highest BCUT2D eigenvalue weighted by molar-refractivity contribution is 5.03. The standard InChI is InChI=1S/C9H17NO/c1-8(2)9-3-4-10(9)5-6-11-7-9/h8H,3-7H2,1-2H3. The van der Waals surface area contributed by atoms with E-state index in [1.165, 1.54) is 13.0 Å². The molecule has 64 valence electrons. The van der Waals surface area contributed by atoms with E-state index >= 15 is 0 Å². The first kappa shape index (κ1) is 7.56. The van der Waals surface area contributed by atoms with Crippen molar-refractivity contribution in [1.29, 1.82) is 0 Å². The van der Waals surface area contributed by atoms with E-state index in [9.17, 15) is 0 Å². The van der Waals surface area contributed by atoms with Crippen LogP contribution in [0.25, 0.3) is 0 Å².